The average Bonchev–Trinajstić information content (AvgIpc) is 3.00. The van der Waals surface area contributed by atoms with Gasteiger partial charge in [-0.15, -0.1) is 0 Å². The molecule has 1 aromatic heterocycles. The van der Waals surface area contributed by atoms with Gasteiger partial charge in [-0.05, 0) is 29.8 Å². The van der Waals surface area contributed by atoms with Crippen molar-refractivity contribution in [3.05, 3.63) is 48.0 Å². The molecule has 0 atom stereocenters. The number of carbonyl (C=O) groups is 1. The molecular weight excluding hydrogens is 306 g/mol. The maximum atomic E-state index is 11.9. The van der Waals surface area contributed by atoms with Gasteiger partial charge in [0.2, 0.25) is 0 Å². The van der Waals surface area contributed by atoms with Crippen LogP contribution in [0.15, 0.2) is 42.5 Å². The average molecular weight is 323 g/mol. The SMILES string of the molecule is COC(=O)Cc1c(-c2ccc3c(c2)OCCO3)[nH]c2ccccc12. The van der Waals surface area contributed by atoms with Gasteiger partial charge in [-0.1, -0.05) is 18.2 Å². The number of benzene rings is 2. The fourth-order valence-electron chi connectivity index (χ4n) is 3.05. The summed E-state index contributed by atoms with van der Waals surface area (Å²) in [4.78, 5) is 15.3. The molecule has 0 saturated heterocycles. The number of ether oxygens (including phenoxy) is 3. The van der Waals surface area contributed by atoms with Crippen molar-refractivity contribution < 1.29 is 19.0 Å². The van der Waals surface area contributed by atoms with E-state index in [4.69, 9.17) is 14.2 Å². The van der Waals surface area contributed by atoms with Crippen LogP contribution in [0.25, 0.3) is 22.2 Å². The Bertz CT molecular complexity index is 913. The van der Waals surface area contributed by atoms with Crippen molar-refractivity contribution in [2.24, 2.45) is 0 Å². The number of methoxy groups -OCH3 is 1. The first-order chi connectivity index (χ1) is 11.8. The number of nitrogens with one attached hydrogen (secondary N) is 1. The van der Waals surface area contributed by atoms with Gasteiger partial charge in [0.1, 0.15) is 13.2 Å². The molecule has 5 heteroatoms. The molecule has 24 heavy (non-hydrogen) atoms. The maximum absolute atomic E-state index is 11.9. The minimum Gasteiger partial charge on any atom is -0.486 e. The number of aromatic nitrogens is 1. The van der Waals surface area contributed by atoms with E-state index in [2.05, 4.69) is 4.98 Å². The third-order valence-electron chi connectivity index (χ3n) is 4.19. The normalized spacial score (nSPS) is 13.0. The Balaban J connectivity index is 1.86. The quantitative estimate of drug-likeness (QED) is 0.751. The van der Waals surface area contributed by atoms with E-state index in [0.717, 1.165) is 39.2 Å². The summed E-state index contributed by atoms with van der Waals surface area (Å²) in [7, 11) is 1.40. The standard InChI is InChI=1S/C19H17NO4/c1-22-18(21)11-14-13-4-2-3-5-15(13)20-19(14)12-6-7-16-17(10-12)24-9-8-23-16/h2-7,10,20H,8-9,11H2,1H3. The highest BCUT2D eigenvalue weighted by molar-refractivity contribution is 5.94. The first kappa shape index (κ1) is 14.6. The molecule has 1 N–H and O–H groups in total. The van der Waals surface area contributed by atoms with Gasteiger partial charge in [0.15, 0.2) is 11.5 Å². The Morgan fingerprint density at radius 3 is 2.75 bits per heavy atom. The molecule has 0 amide bonds. The summed E-state index contributed by atoms with van der Waals surface area (Å²) in [6.07, 6.45) is 0.213. The lowest BCUT2D eigenvalue weighted by Crippen LogP contribution is -2.15. The second-order valence-corrected chi connectivity index (χ2v) is 5.64. The molecule has 0 bridgehead atoms. The zero-order chi connectivity index (χ0) is 16.5. The zero-order valence-electron chi connectivity index (χ0n) is 13.3. The summed E-state index contributed by atoms with van der Waals surface area (Å²) in [5.74, 6) is 1.20. The molecule has 0 unspecified atom stereocenters. The highest BCUT2D eigenvalue weighted by atomic mass is 16.6. The van der Waals surface area contributed by atoms with Crippen LogP contribution in [0.1, 0.15) is 5.56 Å². The Hall–Kier alpha value is -2.95. The lowest BCUT2D eigenvalue weighted by atomic mass is 10.0. The molecule has 0 spiro atoms. The van der Waals surface area contributed by atoms with Gasteiger partial charge < -0.3 is 19.2 Å². The van der Waals surface area contributed by atoms with Crippen molar-refractivity contribution >= 4 is 16.9 Å². The Labute approximate surface area is 139 Å². The van der Waals surface area contributed by atoms with Crippen molar-refractivity contribution in [1.29, 1.82) is 0 Å². The number of hydrogen-bond donors (Lipinski definition) is 1. The van der Waals surface area contributed by atoms with Crippen LogP contribution in [-0.4, -0.2) is 31.3 Å². The predicted octanol–water partition coefficient (Wildman–Crippen LogP) is 3.32. The molecule has 2 aromatic carbocycles. The van der Waals surface area contributed by atoms with Crippen molar-refractivity contribution in [2.45, 2.75) is 6.42 Å². The summed E-state index contributed by atoms with van der Waals surface area (Å²) >= 11 is 0. The van der Waals surface area contributed by atoms with Crippen LogP contribution in [0.2, 0.25) is 0 Å². The number of H-pyrrole nitrogens is 1. The van der Waals surface area contributed by atoms with E-state index in [-0.39, 0.29) is 12.4 Å². The number of aromatic amines is 1. The van der Waals surface area contributed by atoms with Crippen molar-refractivity contribution in [1.82, 2.24) is 4.98 Å². The minimum absolute atomic E-state index is 0.213. The first-order valence-corrected chi connectivity index (χ1v) is 7.82. The largest absolute Gasteiger partial charge is 0.486 e. The monoisotopic (exact) mass is 323 g/mol. The number of carbonyl (C=O) groups excluding carboxylic acids is 1. The van der Waals surface area contributed by atoms with Crippen LogP contribution >= 0.6 is 0 Å². The van der Waals surface area contributed by atoms with Gasteiger partial charge in [0, 0.05) is 16.5 Å². The first-order valence-electron chi connectivity index (χ1n) is 7.82. The second kappa shape index (κ2) is 5.92. The molecule has 2 heterocycles. The molecule has 5 nitrogen and oxygen atoms in total. The highest BCUT2D eigenvalue weighted by Crippen LogP contribution is 2.37. The third kappa shape index (κ3) is 2.48. The van der Waals surface area contributed by atoms with Gasteiger partial charge in [-0.3, -0.25) is 4.79 Å². The Morgan fingerprint density at radius 1 is 1.12 bits per heavy atom. The lowest BCUT2D eigenvalue weighted by Gasteiger charge is -2.19. The number of esters is 1. The molecule has 122 valence electrons. The molecule has 0 fully saturated rings. The zero-order valence-corrected chi connectivity index (χ0v) is 13.3. The molecular formula is C19H17NO4. The van der Waals surface area contributed by atoms with E-state index >= 15 is 0 Å². The van der Waals surface area contributed by atoms with Gasteiger partial charge in [-0.25, -0.2) is 0 Å². The summed E-state index contributed by atoms with van der Waals surface area (Å²) < 4.78 is 16.1. The fraction of sp³-hybridized carbons (Fsp3) is 0.211. The lowest BCUT2D eigenvalue weighted by molar-refractivity contribution is -0.139. The van der Waals surface area contributed by atoms with Crippen LogP contribution in [-0.2, 0) is 16.0 Å². The van der Waals surface area contributed by atoms with Gasteiger partial charge in [-0.2, -0.15) is 0 Å². The van der Waals surface area contributed by atoms with Gasteiger partial charge >= 0.3 is 5.97 Å². The van der Waals surface area contributed by atoms with Gasteiger partial charge in [0.25, 0.3) is 0 Å². The van der Waals surface area contributed by atoms with Crippen LogP contribution in [0.4, 0.5) is 0 Å². The highest BCUT2D eigenvalue weighted by Gasteiger charge is 2.19. The van der Waals surface area contributed by atoms with E-state index in [0.29, 0.717) is 13.2 Å². The number of hydrogen-bond acceptors (Lipinski definition) is 4. The van der Waals surface area contributed by atoms with Crippen LogP contribution < -0.4 is 9.47 Å². The molecule has 1 aliphatic rings. The van der Waals surface area contributed by atoms with Crippen LogP contribution in [0.5, 0.6) is 11.5 Å². The molecule has 1 aliphatic heterocycles. The summed E-state index contributed by atoms with van der Waals surface area (Å²) in [6.45, 7) is 1.10. The summed E-state index contributed by atoms with van der Waals surface area (Å²) in [6, 6.07) is 13.7. The summed E-state index contributed by atoms with van der Waals surface area (Å²) in [5.41, 5.74) is 3.77. The topological polar surface area (TPSA) is 60.6 Å². The van der Waals surface area contributed by atoms with Crippen LogP contribution in [0, 0.1) is 0 Å². The number of rotatable bonds is 3. The van der Waals surface area contributed by atoms with Crippen molar-refractivity contribution in [2.75, 3.05) is 20.3 Å². The van der Waals surface area contributed by atoms with Crippen molar-refractivity contribution in [3.63, 3.8) is 0 Å². The van der Waals surface area contributed by atoms with E-state index in [1.165, 1.54) is 7.11 Å². The third-order valence-corrected chi connectivity index (χ3v) is 4.19. The number of para-hydroxylation sites is 1. The van der Waals surface area contributed by atoms with E-state index in [1.54, 1.807) is 0 Å². The Kier molecular flexibility index (Phi) is 3.61. The smallest absolute Gasteiger partial charge is 0.310 e. The maximum Gasteiger partial charge on any atom is 0.310 e. The van der Waals surface area contributed by atoms with Gasteiger partial charge in [0.05, 0.1) is 19.2 Å². The molecule has 0 aliphatic carbocycles. The van der Waals surface area contributed by atoms with Crippen molar-refractivity contribution in [3.8, 4) is 22.8 Å². The predicted molar refractivity (Wildman–Crippen MR) is 90.4 cm³/mol. The van der Waals surface area contributed by atoms with E-state index < -0.39 is 0 Å². The van der Waals surface area contributed by atoms with Crippen LogP contribution in [0.3, 0.4) is 0 Å². The minimum atomic E-state index is -0.265. The summed E-state index contributed by atoms with van der Waals surface area (Å²) in [5, 5.41) is 1.02. The fourth-order valence-corrected chi connectivity index (χ4v) is 3.05. The van der Waals surface area contributed by atoms with E-state index in [9.17, 15) is 4.79 Å². The number of fused-ring (bicyclic) bond motifs is 2. The molecule has 0 saturated carbocycles. The molecule has 0 radical (unpaired) electrons. The molecule has 3 aromatic rings. The molecule has 4 rings (SSSR count). The van der Waals surface area contributed by atoms with E-state index in [1.807, 2.05) is 42.5 Å². The Morgan fingerprint density at radius 2 is 1.92 bits per heavy atom. The second-order valence-electron chi connectivity index (χ2n) is 5.64.